The van der Waals surface area contributed by atoms with Crippen LogP contribution in [0.1, 0.15) is 47.6 Å². The van der Waals surface area contributed by atoms with E-state index in [2.05, 4.69) is 5.32 Å². The van der Waals surface area contributed by atoms with Crippen LogP contribution in [0.2, 0.25) is 0 Å². The summed E-state index contributed by atoms with van der Waals surface area (Å²) in [6.45, 7) is 5.28. The number of carbonyl (C=O) groups excluding carboxylic acids is 1. The van der Waals surface area contributed by atoms with E-state index in [0.29, 0.717) is 47.2 Å². The highest BCUT2D eigenvalue weighted by Crippen LogP contribution is 2.44. The average molecular weight is 464 g/mol. The van der Waals surface area contributed by atoms with E-state index in [4.69, 9.17) is 15.2 Å². The van der Waals surface area contributed by atoms with E-state index in [9.17, 15) is 13.2 Å². The predicted octanol–water partition coefficient (Wildman–Crippen LogP) is 2.30. The van der Waals surface area contributed by atoms with Crippen molar-refractivity contribution in [2.45, 2.75) is 50.8 Å². The van der Waals surface area contributed by atoms with Crippen LogP contribution in [-0.4, -0.2) is 43.9 Å². The highest BCUT2D eigenvalue weighted by molar-refractivity contribution is 7.91. The lowest BCUT2D eigenvalue weighted by molar-refractivity contribution is 0.0997. The normalized spacial score (nSPS) is 23.0. The fraction of sp³-hybridized carbons (Fsp3) is 0.500. The van der Waals surface area contributed by atoms with Gasteiger partial charge in [-0.05, 0) is 30.4 Å². The van der Waals surface area contributed by atoms with Gasteiger partial charge in [-0.2, -0.15) is 0 Å². The Morgan fingerprint density at radius 1 is 1.25 bits per heavy atom. The Morgan fingerprint density at radius 2 is 2.03 bits per heavy atom. The van der Waals surface area contributed by atoms with E-state index in [1.54, 1.807) is 10.6 Å². The molecule has 4 heterocycles. The van der Waals surface area contributed by atoms with Gasteiger partial charge in [-0.1, -0.05) is 13.8 Å². The first kappa shape index (κ1) is 21.4. The standard InChI is InChI=1S/C22H26FN3O5S/c1-22(2)7-17-20(32(28,29)11-22)14-9-31-10-18(14)26(17)13-5-15(23)19(21(24)27)16(6-13)25-12-3-4-30-8-12/h5-6,12,25H,3-4,7-11H2,1-2H3,(H2,24,27)/t12-/m0/s1. The number of benzene rings is 1. The summed E-state index contributed by atoms with van der Waals surface area (Å²) < 4.78 is 54.3. The number of ether oxygens (including phenoxy) is 2. The molecule has 1 fully saturated rings. The van der Waals surface area contributed by atoms with Crippen molar-refractivity contribution in [2.24, 2.45) is 11.1 Å². The number of amides is 1. The van der Waals surface area contributed by atoms with Gasteiger partial charge in [0.1, 0.15) is 5.82 Å². The van der Waals surface area contributed by atoms with Crippen molar-refractivity contribution >= 4 is 21.4 Å². The topological polar surface area (TPSA) is 113 Å². The Bertz CT molecular complexity index is 1230. The number of primary amides is 1. The van der Waals surface area contributed by atoms with Crippen molar-refractivity contribution in [3.63, 3.8) is 0 Å². The molecule has 0 saturated carbocycles. The van der Waals surface area contributed by atoms with Crippen LogP contribution in [-0.2, 0) is 38.9 Å². The zero-order chi connectivity index (χ0) is 22.8. The zero-order valence-corrected chi connectivity index (χ0v) is 18.9. The van der Waals surface area contributed by atoms with Gasteiger partial charge < -0.3 is 25.1 Å². The fourth-order valence-electron chi connectivity index (χ4n) is 5.14. The first-order valence-electron chi connectivity index (χ1n) is 10.6. The second-order valence-electron chi connectivity index (χ2n) is 9.55. The third kappa shape index (κ3) is 3.41. The molecule has 1 amide bonds. The quantitative estimate of drug-likeness (QED) is 0.720. The van der Waals surface area contributed by atoms with Gasteiger partial charge in [0.25, 0.3) is 5.91 Å². The molecular formula is C22H26FN3O5S. The Labute approximate surface area is 185 Å². The monoisotopic (exact) mass is 463 g/mol. The number of carbonyl (C=O) groups is 1. The van der Waals surface area contributed by atoms with E-state index in [1.807, 2.05) is 13.8 Å². The van der Waals surface area contributed by atoms with E-state index >= 15 is 4.39 Å². The molecule has 8 nitrogen and oxygen atoms in total. The number of halogens is 1. The lowest BCUT2D eigenvalue weighted by Crippen LogP contribution is -2.33. The molecule has 0 spiro atoms. The van der Waals surface area contributed by atoms with Crippen molar-refractivity contribution in [3.05, 3.63) is 40.5 Å². The van der Waals surface area contributed by atoms with Crippen molar-refractivity contribution in [3.8, 4) is 5.69 Å². The number of nitrogens with one attached hydrogen (secondary N) is 1. The molecule has 0 unspecified atom stereocenters. The maximum absolute atomic E-state index is 15.2. The van der Waals surface area contributed by atoms with E-state index in [-0.39, 0.29) is 36.3 Å². The lowest BCUT2D eigenvalue weighted by atomic mass is 9.89. The van der Waals surface area contributed by atoms with Crippen LogP contribution in [0.5, 0.6) is 0 Å². The molecule has 1 atom stereocenters. The number of sulfone groups is 1. The number of nitrogens with two attached hydrogens (primary N) is 1. The maximum atomic E-state index is 15.2. The van der Waals surface area contributed by atoms with Gasteiger partial charge in [-0.15, -0.1) is 0 Å². The summed E-state index contributed by atoms with van der Waals surface area (Å²) in [4.78, 5) is 12.3. The van der Waals surface area contributed by atoms with Crippen LogP contribution >= 0.6 is 0 Å². The smallest absolute Gasteiger partial charge is 0.253 e. The Kier molecular flexibility index (Phi) is 4.88. The molecule has 1 saturated heterocycles. The molecule has 0 bridgehead atoms. The first-order chi connectivity index (χ1) is 15.1. The number of aromatic nitrogens is 1. The third-order valence-electron chi connectivity index (χ3n) is 6.32. The SMILES string of the molecule is CC1(C)Cc2c(c3c(n2-c2cc(F)c(C(N)=O)c(N[C@H]4CCOC4)c2)COC3)S(=O)(=O)C1. The molecule has 32 heavy (non-hydrogen) atoms. The highest BCUT2D eigenvalue weighted by Gasteiger charge is 2.43. The van der Waals surface area contributed by atoms with Gasteiger partial charge in [0.05, 0.1) is 59.1 Å². The van der Waals surface area contributed by atoms with Crippen LogP contribution in [0.25, 0.3) is 5.69 Å². The maximum Gasteiger partial charge on any atom is 0.253 e. The molecule has 5 rings (SSSR count). The minimum Gasteiger partial charge on any atom is -0.379 e. The largest absolute Gasteiger partial charge is 0.379 e. The predicted molar refractivity (Wildman–Crippen MR) is 115 cm³/mol. The second kappa shape index (κ2) is 7.29. The molecule has 0 radical (unpaired) electrons. The summed E-state index contributed by atoms with van der Waals surface area (Å²) >= 11 is 0. The highest BCUT2D eigenvalue weighted by atomic mass is 32.2. The van der Waals surface area contributed by atoms with Gasteiger partial charge in [-0.25, -0.2) is 12.8 Å². The number of hydrogen-bond acceptors (Lipinski definition) is 6. The molecule has 3 N–H and O–H groups in total. The third-order valence-corrected chi connectivity index (χ3v) is 8.58. The van der Waals surface area contributed by atoms with Crippen molar-refractivity contribution in [1.29, 1.82) is 0 Å². The second-order valence-corrected chi connectivity index (χ2v) is 11.5. The minimum atomic E-state index is -3.52. The van der Waals surface area contributed by atoms with E-state index < -0.39 is 27.0 Å². The van der Waals surface area contributed by atoms with Gasteiger partial charge >= 0.3 is 0 Å². The number of anilines is 1. The summed E-state index contributed by atoms with van der Waals surface area (Å²) in [5.41, 5.74) is 7.48. The Hall–Kier alpha value is -2.43. The molecule has 2 aromatic rings. The molecule has 1 aromatic heterocycles. The van der Waals surface area contributed by atoms with Crippen LogP contribution in [0.15, 0.2) is 17.0 Å². The minimum absolute atomic E-state index is 0.0485. The Balaban J connectivity index is 1.73. The van der Waals surface area contributed by atoms with Gasteiger partial charge in [0.2, 0.25) is 0 Å². The van der Waals surface area contributed by atoms with Crippen LogP contribution in [0, 0.1) is 11.2 Å². The number of fused-ring (bicyclic) bond motifs is 3. The number of nitrogens with zero attached hydrogens (tertiary/aromatic N) is 1. The van der Waals surface area contributed by atoms with Gasteiger partial charge in [0, 0.05) is 17.9 Å². The van der Waals surface area contributed by atoms with E-state index in [1.165, 1.54) is 6.07 Å². The van der Waals surface area contributed by atoms with Crippen molar-refractivity contribution < 1.29 is 27.1 Å². The van der Waals surface area contributed by atoms with Crippen LogP contribution in [0.3, 0.4) is 0 Å². The van der Waals surface area contributed by atoms with Crippen LogP contribution in [0.4, 0.5) is 10.1 Å². The molecule has 3 aliphatic rings. The number of rotatable bonds is 4. The van der Waals surface area contributed by atoms with Gasteiger partial charge in [0.15, 0.2) is 9.84 Å². The van der Waals surface area contributed by atoms with Crippen LogP contribution < -0.4 is 11.1 Å². The number of hydrogen-bond donors (Lipinski definition) is 2. The van der Waals surface area contributed by atoms with Crippen molar-refractivity contribution in [1.82, 2.24) is 4.57 Å². The summed E-state index contributed by atoms with van der Waals surface area (Å²) in [5.74, 6) is -1.58. The zero-order valence-electron chi connectivity index (χ0n) is 18.0. The van der Waals surface area contributed by atoms with E-state index in [0.717, 1.165) is 6.42 Å². The first-order valence-corrected chi connectivity index (χ1v) is 12.3. The molecule has 10 heteroatoms. The lowest BCUT2D eigenvalue weighted by Gasteiger charge is -2.31. The van der Waals surface area contributed by atoms with Crippen molar-refractivity contribution in [2.75, 3.05) is 24.3 Å². The molecular weight excluding hydrogens is 437 g/mol. The fourth-order valence-corrected chi connectivity index (χ4v) is 7.49. The summed E-state index contributed by atoms with van der Waals surface area (Å²) in [5, 5.41) is 3.19. The summed E-state index contributed by atoms with van der Waals surface area (Å²) in [6, 6.07) is 2.83. The molecule has 1 aromatic carbocycles. The average Bonchev–Trinajstić information content (AvgIpc) is 3.36. The van der Waals surface area contributed by atoms with Gasteiger partial charge in [-0.3, -0.25) is 4.79 Å². The molecule has 172 valence electrons. The Morgan fingerprint density at radius 3 is 2.72 bits per heavy atom. The summed E-state index contributed by atoms with van der Waals surface area (Å²) in [7, 11) is -3.52. The molecule has 0 aliphatic carbocycles. The summed E-state index contributed by atoms with van der Waals surface area (Å²) in [6.07, 6.45) is 1.24. The molecule has 3 aliphatic heterocycles.